The third-order valence-corrected chi connectivity index (χ3v) is 4.25. The molecule has 0 aliphatic heterocycles. The zero-order chi connectivity index (χ0) is 14.0. The number of halogens is 4. The van der Waals surface area contributed by atoms with Crippen LogP contribution in [0.4, 0.5) is 0 Å². The van der Waals surface area contributed by atoms with Crippen molar-refractivity contribution >= 4 is 46.4 Å². The molecule has 0 saturated heterocycles. The molecule has 1 atom stereocenters. The van der Waals surface area contributed by atoms with Crippen molar-refractivity contribution in [2.75, 3.05) is 7.05 Å². The summed E-state index contributed by atoms with van der Waals surface area (Å²) < 4.78 is 0. The van der Waals surface area contributed by atoms with Crippen LogP contribution in [0.1, 0.15) is 17.2 Å². The predicted octanol–water partition coefficient (Wildman–Crippen LogP) is 5.61. The summed E-state index contributed by atoms with van der Waals surface area (Å²) >= 11 is 24.5. The van der Waals surface area contributed by atoms with E-state index in [9.17, 15) is 0 Å². The van der Waals surface area contributed by atoms with Crippen molar-refractivity contribution in [3.8, 4) is 0 Å². The first-order valence-electron chi connectivity index (χ1n) is 5.60. The van der Waals surface area contributed by atoms with Crippen molar-refractivity contribution in [3.63, 3.8) is 0 Å². The maximum absolute atomic E-state index is 6.26. The fraction of sp³-hybridized carbons (Fsp3) is 0.143. The van der Waals surface area contributed by atoms with Gasteiger partial charge in [0.05, 0.1) is 16.1 Å². The summed E-state index contributed by atoms with van der Waals surface area (Å²) in [6.07, 6.45) is 0. The molecule has 0 amide bonds. The Morgan fingerprint density at radius 3 is 2.26 bits per heavy atom. The molecule has 2 rings (SSSR count). The molecule has 0 heterocycles. The Balaban J connectivity index is 2.53. The summed E-state index contributed by atoms with van der Waals surface area (Å²) in [4.78, 5) is 0. The Labute approximate surface area is 132 Å². The zero-order valence-electron chi connectivity index (χ0n) is 10.1. The number of benzene rings is 2. The van der Waals surface area contributed by atoms with Gasteiger partial charge in [-0.2, -0.15) is 0 Å². The molecule has 0 radical (unpaired) electrons. The first-order valence-corrected chi connectivity index (χ1v) is 7.12. The van der Waals surface area contributed by atoms with Crippen LogP contribution in [0, 0.1) is 0 Å². The van der Waals surface area contributed by atoms with Gasteiger partial charge in [-0.25, -0.2) is 0 Å². The van der Waals surface area contributed by atoms with E-state index in [1.54, 1.807) is 18.2 Å². The van der Waals surface area contributed by atoms with E-state index in [0.29, 0.717) is 20.1 Å². The van der Waals surface area contributed by atoms with Gasteiger partial charge in [0.15, 0.2) is 0 Å². The van der Waals surface area contributed by atoms with E-state index < -0.39 is 0 Å². The lowest BCUT2D eigenvalue weighted by molar-refractivity contribution is 0.692. The monoisotopic (exact) mass is 333 g/mol. The highest BCUT2D eigenvalue weighted by Gasteiger charge is 2.19. The molecule has 1 N–H and O–H groups in total. The van der Waals surface area contributed by atoms with Crippen LogP contribution in [-0.2, 0) is 0 Å². The lowest BCUT2D eigenvalue weighted by Gasteiger charge is -2.20. The Morgan fingerprint density at radius 2 is 1.63 bits per heavy atom. The molecule has 5 heteroatoms. The van der Waals surface area contributed by atoms with Crippen molar-refractivity contribution in [1.29, 1.82) is 0 Å². The molecule has 0 aliphatic carbocycles. The molecule has 2 aromatic carbocycles. The highest BCUT2D eigenvalue weighted by Crippen LogP contribution is 2.36. The second-order valence-electron chi connectivity index (χ2n) is 4.03. The van der Waals surface area contributed by atoms with Crippen molar-refractivity contribution in [2.45, 2.75) is 6.04 Å². The standard InChI is InChI=1S/C14H11Cl4N/c1-19-14(9-6-5-8(15)7-12(9)17)10-3-2-4-11(16)13(10)18/h2-7,14,19H,1H3. The van der Waals surface area contributed by atoms with Gasteiger partial charge in [0.2, 0.25) is 0 Å². The third-order valence-electron chi connectivity index (χ3n) is 2.85. The highest BCUT2D eigenvalue weighted by atomic mass is 35.5. The van der Waals surface area contributed by atoms with E-state index in [1.165, 1.54) is 0 Å². The molecule has 1 nitrogen and oxygen atoms in total. The molecular weight excluding hydrogens is 324 g/mol. The van der Waals surface area contributed by atoms with Crippen molar-refractivity contribution in [1.82, 2.24) is 5.32 Å². The summed E-state index contributed by atoms with van der Waals surface area (Å²) in [5, 5.41) is 5.42. The van der Waals surface area contributed by atoms with Gasteiger partial charge in [-0.3, -0.25) is 0 Å². The fourth-order valence-corrected chi connectivity index (χ4v) is 2.89. The maximum atomic E-state index is 6.26. The molecule has 100 valence electrons. The SMILES string of the molecule is CNC(c1ccc(Cl)cc1Cl)c1cccc(Cl)c1Cl. The largest absolute Gasteiger partial charge is 0.309 e. The fourth-order valence-electron chi connectivity index (χ4n) is 1.96. The predicted molar refractivity (Wildman–Crippen MR) is 83.8 cm³/mol. The van der Waals surface area contributed by atoms with Gasteiger partial charge in [-0.1, -0.05) is 64.6 Å². The van der Waals surface area contributed by atoms with E-state index in [2.05, 4.69) is 5.32 Å². The minimum Gasteiger partial charge on any atom is -0.309 e. The molecule has 1 unspecified atom stereocenters. The van der Waals surface area contributed by atoms with E-state index in [4.69, 9.17) is 46.4 Å². The van der Waals surface area contributed by atoms with Crippen LogP contribution in [0.2, 0.25) is 20.1 Å². The lowest BCUT2D eigenvalue weighted by atomic mass is 9.99. The lowest BCUT2D eigenvalue weighted by Crippen LogP contribution is -2.18. The van der Waals surface area contributed by atoms with Crippen molar-refractivity contribution in [2.24, 2.45) is 0 Å². The molecule has 0 saturated carbocycles. The topological polar surface area (TPSA) is 12.0 Å². The Morgan fingerprint density at radius 1 is 0.895 bits per heavy atom. The number of hydrogen-bond acceptors (Lipinski definition) is 1. The van der Waals surface area contributed by atoms with E-state index in [0.717, 1.165) is 11.1 Å². The first-order chi connectivity index (χ1) is 9.04. The summed E-state index contributed by atoms with van der Waals surface area (Å²) in [5.74, 6) is 0. The quantitative estimate of drug-likeness (QED) is 0.769. The van der Waals surface area contributed by atoms with Gasteiger partial charge in [0, 0.05) is 10.0 Å². The van der Waals surface area contributed by atoms with Crippen LogP contribution >= 0.6 is 46.4 Å². The molecule has 0 aromatic heterocycles. The van der Waals surface area contributed by atoms with Gasteiger partial charge in [0.25, 0.3) is 0 Å². The normalized spacial score (nSPS) is 12.5. The molecule has 0 fully saturated rings. The van der Waals surface area contributed by atoms with Gasteiger partial charge >= 0.3 is 0 Å². The molecule has 2 aromatic rings. The van der Waals surface area contributed by atoms with Crippen LogP contribution in [0.25, 0.3) is 0 Å². The highest BCUT2D eigenvalue weighted by molar-refractivity contribution is 6.42. The van der Waals surface area contributed by atoms with E-state index in [1.807, 2.05) is 25.2 Å². The Kier molecular flexibility index (Phi) is 4.99. The zero-order valence-corrected chi connectivity index (χ0v) is 13.1. The molecular formula is C14H11Cl4N. The summed E-state index contributed by atoms with van der Waals surface area (Å²) in [6, 6.07) is 10.8. The van der Waals surface area contributed by atoms with Crippen molar-refractivity contribution in [3.05, 3.63) is 67.6 Å². The smallest absolute Gasteiger partial charge is 0.0643 e. The number of nitrogens with one attached hydrogen (secondary N) is 1. The summed E-state index contributed by atoms with van der Waals surface area (Å²) in [7, 11) is 1.84. The van der Waals surface area contributed by atoms with Gasteiger partial charge in [-0.05, 0) is 36.4 Å². The second-order valence-corrected chi connectivity index (χ2v) is 5.66. The summed E-state index contributed by atoms with van der Waals surface area (Å²) in [6.45, 7) is 0. The van der Waals surface area contributed by atoms with E-state index in [-0.39, 0.29) is 6.04 Å². The number of rotatable bonds is 3. The minimum absolute atomic E-state index is 0.143. The Hall–Kier alpha value is -0.440. The second kappa shape index (κ2) is 6.34. The average Bonchev–Trinajstić information content (AvgIpc) is 2.37. The first kappa shape index (κ1) is 15.0. The Bertz CT molecular complexity index is 598. The van der Waals surface area contributed by atoms with Gasteiger partial charge < -0.3 is 5.32 Å². The molecule has 0 aliphatic rings. The third kappa shape index (κ3) is 3.18. The summed E-state index contributed by atoms with van der Waals surface area (Å²) in [5.41, 5.74) is 1.78. The van der Waals surface area contributed by atoms with Gasteiger partial charge in [0.1, 0.15) is 0 Å². The van der Waals surface area contributed by atoms with E-state index >= 15 is 0 Å². The molecule has 0 spiro atoms. The van der Waals surface area contributed by atoms with Crippen LogP contribution in [0.3, 0.4) is 0 Å². The van der Waals surface area contributed by atoms with Crippen molar-refractivity contribution < 1.29 is 0 Å². The average molecular weight is 335 g/mol. The van der Waals surface area contributed by atoms with Gasteiger partial charge in [-0.15, -0.1) is 0 Å². The molecule has 19 heavy (non-hydrogen) atoms. The van der Waals surface area contributed by atoms with Crippen LogP contribution in [0.5, 0.6) is 0 Å². The molecule has 0 bridgehead atoms. The van der Waals surface area contributed by atoms with Crippen LogP contribution in [-0.4, -0.2) is 7.05 Å². The van der Waals surface area contributed by atoms with Crippen LogP contribution in [0.15, 0.2) is 36.4 Å². The van der Waals surface area contributed by atoms with Crippen LogP contribution < -0.4 is 5.32 Å². The minimum atomic E-state index is -0.143. The number of hydrogen-bond donors (Lipinski definition) is 1. The maximum Gasteiger partial charge on any atom is 0.0643 e.